The van der Waals surface area contributed by atoms with E-state index in [1.54, 1.807) is 60.8 Å². The van der Waals surface area contributed by atoms with Gasteiger partial charge < -0.3 is 24.1 Å². The summed E-state index contributed by atoms with van der Waals surface area (Å²) in [6.07, 6.45) is 2.42. The molecule has 0 spiro atoms. The fourth-order valence-corrected chi connectivity index (χ4v) is 4.60. The van der Waals surface area contributed by atoms with Crippen molar-refractivity contribution in [3.8, 4) is 23.0 Å². The van der Waals surface area contributed by atoms with Crippen molar-refractivity contribution in [2.45, 2.75) is 26.3 Å². The summed E-state index contributed by atoms with van der Waals surface area (Å²) in [6.45, 7) is 5.54. The van der Waals surface area contributed by atoms with Gasteiger partial charge in [-0.15, -0.1) is 0 Å². The Morgan fingerprint density at radius 1 is 1.05 bits per heavy atom. The van der Waals surface area contributed by atoms with E-state index >= 15 is 0 Å². The number of aliphatic hydroxyl groups is 1. The van der Waals surface area contributed by atoms with Crippen LogP contribution in [-0.4, -0.2) is 48.7 Å². The standard InChI is InChI=1S/C30H30N2O7/c1-18(2)11-13-37-21-9-7-19(16-23(21)36-3)27-26(29(34)30(35)32(27)25-6-4-5-12-31-25)28(33)20-8-10-22-24(17-20)39-15-14-38-22/h4-10,12,16-18,27,33H,11,13-15H2,1-3H3. The number of carbonyl (C=O) groups is 2. The maximum atomic E-state index is 13.5. The molecule has 202 valence electrons. The SMILES string of the molecule is COc1cc(C2C(=C(O)c3ccc4c(c3)OCCO4)C(=O)C(=O)N2c2ccccn2)ccc1OCCC(C)C. The molecule has 0 saturated carbocycles. The van der Waals surface area contributed by atoms with E-state index in [1.807, 2.05) is 0 Å². The van der Waals surface area contributed by atoms with Crippen LogP contribution in [0.4, 0.5) is 5.82 Å². The Balaban J connectivity index is 1.62. The zero-order chi connectivity index (χ0) is 27.5. The van der Waals surface area contributed by atoms with Crippen molar-refractivity contribution in [2.75, 3.05) is 31.8 Å². The van der Waals surface area contributed by atoms with Crippen molar-refractivity contribution in [1.29, 1.82) is 0 Å². The van der Waals surface area contributed by atoms with E-state index in [-0.39, 0.29) is 17.2 Å². The van der Waals surface area contributed by atoms with Crippen molar-refractivity contribution in [3.63, 3.8) is 0 Å². The van der Waals surface area contributed by atoms with Gasteiger partial charge in [0.15, 0.2) is 23.0 Å². The summed E-state index contributed by atoms with van der Waals surface area (Å²) in [7, 11) is 1.53. The lowest BCUT2D eigenvalue weighted by Crippen LogP contribution is -2.30. The molecule has 1 atom stereocenters. The smallest absolute Gasteiger partial charge is 0.301 e. The number of benzene rings is 2. The minimum atomic E-state index is -0.966. The van der Waals surface area contributed by atoms with Gasteiger partial charge in [0.1, 0.15) is 24.8 Å². The van der Waals surface area contributed by atoms with Gasteiger partial charge in [0, 0.05) is 11.8 Å². The molecule has 2 aromatic carbocycles. The molecule has 1 saturated heterocycles. The highest BCUT2D eigenvalue weighted by molar-refractivity contribution is 6.51. The zero-order valence-electron chi connectivity index (χ0n) is 22.0. The van der Waals surface area contributed by atoms with Gasteiger partial charge in [0.05, 0.1) is 25.3 Å². The fraction of sp³-hybridized carbons (Fsp3) is 0.300. The highest BCUT2D eigenvalue weighted by Crippen LogP contribution is 2.44. The Bertz CT molecular complexity index is 1420. The molecule has 39 heavy (non-hydrogen) atoms. The first-order chi connectivity index (χ1) is 18.9. The second-order valence-electron chi connectivity index (χ2n) is 9.66. The lowest BCUT2D eigenvalue weighted by atomic mass is 9.94. The van der Waals surface area contributed by atoms with Crippen LogP contribution in [0.25, 0.3) is 5.76 Å². The number of ether oxygens (including phenoxy) is 4. The molecule has 0 aliphatic carbocycles. The number of pyridine rings is 1. The molecule has 1 aromatic heterocycles. The zero-order valence-corrected chi connectivity index (χ0v) is 22.0. The first-order valence-corrected chi connectivity index (χ1v) is 12.8. The number of anilines is 1. The molecular formula is C30H30N2O7. The summed E-state index contributed by atoms with van der Waals surface area (Å²) in [6, 6.07) is 14.2. The van der Waals surface area contributed by atoms with Crippen molar-refractivity contribution >= 4 is 23.3 Å². The normalized spacial score (nSPS) is 17.9. The van der Waals surface area contributed by atoms with Gasteiger partial charge >= 0.3 is 5.91 Å². The largest absolute Gasteiger partial charge is 0.507 e. The molecule has 1 fully saturated rings. The van der Waals surface area contributed by atoms with E-state index in [9.17, 15) is 14.7 Å². The van der Waals surface area contributed by atoms with Gasteiger partial charge in [-0.1, -0.05) is 26.0 Å². The van der Waals surface area contributed by atoms with Crippen LogP contribution in [0.1, 0.15) is 37.4 Å². The molecule has 1 unspecified atom stereocenters. The van der Waals surface area contributed by atoms with Crippen molar-refractivity contribution in [1.82, 2.24) is 4.98 Å². The minimum absolute atomic E-state index is 0.0714. The van der Waals surface area contributed by atoms with E-state index in [2.05, 4.69) is 18.8 Å². The molecule has 2 aliphatic rings. The van der Waals surface area contributed by atoms with Crippen LogP contribution in [0.5, 0.6) is 23.0 Å². The van der Waals surface area contributed by atoms with Gasteiger partial charge in [-0.25, -0.2) is 4.98 Å². The highest BCUT2D eigenvalue weighted by Gasteiger charge is 2.47. The molecule has 9 nitrogen and oxygen atoms in total. The number of Topliss-reactive ketones (excluding diaryl/α,β-unsaturated/α-hetero) is 1. The van der Waals surface area contributed by atoms with Gasteiger partial charge in [0.25, 0.3) is 5.78 Å². The predicted molar refractivity (Wildman–Crippen MR) is 144 cm³/mol. The topological polar surface area (TPSA) is 107 Å². The summed E-state index contributed by atoms with van der Waals surface area (Å²) in [5, 5.41) is 11.5. The molecule has 1 amide bonds. The molecule has 5 rings (SSSR count). The van der Waals surface area contributed by atoms with Crippen LogP contribution >= 0.6 is 0 Å². The summed E-state index contributed by atoms with van der Waals surface area (Å²) >= 11 is 0. The predicted octanol–water partition coefficient (Wildman–Crippen LogP) is 4.91. The summed E-state index contributed by atoms with van der Waals surface area (Å²) in [5.74, 6) is 0.793. The second-order valence-corrected chi connectivity index (χ2v) is 9.66. The first kappa shape index (κ1) is 26.1. The number of fused-ring (bicyclic) bond motifs is 1. The Kier molecular flexibility index (Phi) is 7.40. The number of nitrogens with zero attached hydrogens (tertiary/aromatic N) is 2. The molecule has 0 bridgehead atoms. The van der Waals surface area contributed by atoms with Crippen LogP contribution in [0.2, 0.25) is 0 Å². The van der Waals surface area contributed by atoms with Crippen LogP contribution in [0, 0.1) is 5.92 Å². The molecule has 1 N–H and O–H groups in total. The average Bonchev–Trinajstić information content (AvgIpc) is 3.22. The Hall–Kier alpha value is -4.53. The average molecular weight is 531 g/mol. The molecule has 3 heterocycles. The third-order valence-electron chi connectivity index (χ3n) is 6.61. The van der Waals surface area contributed by atoms with E-state index < -0.39 is 17.7 Å². The summed E-state index contributed by atoms with van der Waals surface area (Å²) in [5.41, 5.74) is 0.800. The second kappa shape index (κ2) is 11.1. The Morgan fingerprint density at radius 3 is 2.56 bits per heavy atom. The number of aliphatic hydroxyl groups excluding tert-OH is 1. The van der Waals surface area contributed by atoms with E-state index in [1.165, 1.54) is 12.0 Å². The third kappa shape index (κ3) is 5.12. The van der Waals surface area contributed by atoms with Gasteiger partial charge in [0.2, 0.25) is 0 Å². The molecule has 3 aromatic rings. The van der Waals surface area contributed by atoms with E-state index in [0.717, 1.165) is 6.42 Å². The minimum Gasteiger partial charge on any atom is -0.507 e. The Labute approximate surface area is 226 Å². The van der Waals surface area contributed by atoms with Crippen LogP contribution in [0.15, 0.2) is 66.4 Å². The number of aromatic nitrogens is 1. The van der Waals surface area contributed by atoms with Crippen LogP contribution in [0.3, 0.4) is 0 Å². The fourth-order valence-electron chi connectivity index (χ4n) is 4.60. The number of hydrogen-bond donors (Lipinski definition) is 1. The number of rotatable bonds is 8. The van der Waals surface area contributed by atoms with Gasteiger partial charge in [-0.05, 0) is 60.4 Å². The lowest BCUT2D eigenvalue weighted by Gasteiger charge is -2.25. The number of amides is 1. The van der Waals surface area contributed by atoms with Crippen molar-refractivity contribution in [2.24, 2.45) is 5.92 Å². The van der Waals surface area contributed by atoms with E-state index in [0.29, 0.717) is 59.9 Å². The number of hydrogen-bond acceptors (Lipinski definition) is 8. The Morgan fingerprint density at radius 2 is 1.85 bits per heavy atom. The maximum absolute atomic E-state index is 13.5. The number of methoxy groups -OCH3 is 1. The monoisotopic (exact) mass is 530 g/mol. The van der Waals surface area contributed by atoms with Crippen LogP contribution < -0.4 is 23.8 Å². The number of carbonyl (C=O) groups excluding carboxylic acids is 2. The highest BCUT2D eigenvalue weighted by atomic mass is 16.6. The quantitative estimate of drug-likeness (QED) is 0.249. The maximum Gasteiger partial charge on any atom is 0.301 e. The molecule has 2 aliphatic heterocycles. The third-order valence-corrected chi connectivity index (χ3v) is 6.61. The molecular weight excluding hydrogens is 500 g/mol. The molecule has 9 heteroatoms. The van der Waals surface area contributed by atoms with E-state index in [4.69, 9.17) is 18.9 Å². The van der Waals surface area contributed by atoms with Crippen LogP contribution in [-0.2, 0) is 9.59 Å². The van der Waals surface area contributed by atoms with Crippen molar-refractivity contribution in [3.05, 3.63) is 77.5 Å². The lowest BCUT2D eigenvalue weighted by molar-refractivity contribution is -0.132. The van der Waals surface area contributed by atoms with Crippen molar-refractivity contribution < 1.29 is 33.6 Å². The first-order valence-electron chi connectivity index (χ1n) is 12.8. The van der Waals surface area contributed by atoms with Gasteiger partial charge in [-0.3, -0.25) is 14.5 Å². The summed E-state index contributed by atoms with van der Waals surface area (Å²) in [4.78, 5) is 32.4. The molecule has 0 radical (unpaired) electrons. The summed E-state index contributed by atoms with van der Waals surface area (Å²) < 4.78 is 22.8. The van der Waals surface area contributed by atoms with Gasteiger partial charge in [-0.2, -0.15) is 0 Å². The number of ketones is 1.